The number of aromatic nitrogens is 1. The van der Waals surface area contributed by atoms with Crippen LogP contribution < -0.4 is 16.0 Å². The summed E-state index contributed by atoms with van der Waals surface area (Å²) >= 11 is 2.87. The lowest BCUT2D eigenvalue weighted by molar-refractivity contribution is -0.384. The zero-order chi connectivity index (χ0) is 36.0. The Morgan fingerprint density at radius 1 is 1.22 bits per heavy atom. The van der Waals surface area contributed by atoms with Gasteiger partial charge in [-0.1, -0.05) is 27.7 Å². The van der Waals surface area contributed by atoms with Gasteiger partial charge in [0, 0.05) is 46.7 Å². The van der Waals surface area contributed by atoms with Crippen LogP contribution in [0.4, 0.5) is 10.8 Å². The molecular weight excluding hydrogens is 689 g/mol. The van der Waals surface area contributed by atoms with Gasteiger partial charge in [-0.3, -0.25) is 24.5 Å². The third-order valence-electron chi connectivity index (χ3n) is 9.65. The van der Waals surface area contributed by atoms with Crippen LogP contribution in [-0.2, 0) is 30.2 Å². The minimum absolute atomic E-state index is 0.0390. The highest BCUT2D eigenvalue weighted by molar-refractivity contribution is 8.03. The summed E-state index contributed by atoms with van der Waals surface area (Å²) in [6.07, 6.45) is -0.336. The zero-order valence-corrected chi connectivity index (χ0v) is 31.2. The van der Waals surface area contributed by atoms with E-state index in [9.17, 15) is 29.3 Å². The Hall–Kier alpha value is -3.80. The molecule has 5 rings (SSSR count). The van der Waals surface area contributed by atoms with Crippen LogP contribution in [0.1, 0.15) is 50.7 Å². The average molecular weight is 731 g/mol. The van der Waals surface area contributed by atoms with E-state index in [1.165, 1.54) is 35.6 Å². The molecule has 3 aliphatic rings. The first-order chi connectivity index (χ1) is 22.9. The second kappa shape index (κ2) is 13.8. The Morgan fingerprint density at radius 3 is 2.47 bits per heavy atom. The molecule has 3 amide bonds. The molecule has 0 aliphatic carbocycles. The van der Waals surface area contributed by atoms with Gasteiger partial charge < -0.3 is 30.0 Å². The van der Waals surface area contributed by atoms with Gasteiger partial charge in [0.05, 0.1) is 29.5 Å². The lowest BCUT2D eigenvalue weighted by Crippen LogP contribution is -2.65. The summed E-state index contributed by atoms with van der Waals surface area (Å²) in [6.45, 7) is 15.6. The van der Waals surface area contributed by atoms with Crippen LogP contribution in [0.3, 0.4) is 0 Å². The fourth-order valence-corrected chi connectivity index (χ4v) is 9.69. The van der Waals surface area contributed by atoms with Crippen LogP contribution in [0, 0.1) is 22.0 Å². The van der Waals surface area contributed by atoms with Crippen molar-refractivity contribution in [1.82, 2.24) is 15.2 Å². The number of carbonyl (C=O) groups is 4. The number of nitrogens with zero attached hydrogens (tertiary/aromatic N) is 4. The van der Waals surface area contributed by atoms with Crippen LogP contribution in [-0.4, -0.2) is 83.8 Å². The molecule has 2 fully saturated rings. The highest BCUT2D eigenvalue weighted by Crippen LogP contribution is 2.53. The predicted molar refractivity (Wildman–Crippen MR) is 188 cm³/mol. The number of benzene rings is 1. The van der Waals surface area contributed by atoms with Gasteiger partial charge in [-0.25, -0.2) is 9.78 Å². The molecule has 2 saturated heterocycles. The third kappa shape index (κ3) is 7.39. The second-order valence-electron chi connectivity index (χ2n) is 14.1. The molecule has 1 aromatic heterocycles. The summed E-state index contributed by atoms with van der Waals surface area (Å²) < 4.78 is 12.4. The lowest BCUT2D eigenvalue weighted by Gasteiger charge is -2.50. The molecular formula is C32H42N6O8S2Si. The van der Waals surface area contributed by atoms with Crippen molar-refractivity contribution in [3.8, 4) is 0 Å². The van der Waals surface area contributed by atoms with E-state index in [2.05, 4.69) is 44.2 Å². The van der Waals surface area contributed by atoms with Crippen molar-refractivity contribution in [1.29, 1.82) is 0 Å². The average Bonchev–Trinajstić information content (AvgIpc) is 3.57. The highest BCUT2D eigenvalue weighted by Gasteiger charge is 2.61. The highest BCUT2D eigenvalue weighted by atomic mass is 32.2. The number of hydrogen-bond acceptors (Lipinski definition) is 12. The largest absolute Gasteiger partial charge is 0.456 e. The van der Waals surface area contributed by atoms with E-state index < -0.39 is 36.9 Å². The molecule has 17 heteroatoms. The first-order valence-electron chi connectivity index (χ1n) is 16.0. The van der Waals surface area contributed by atoms with Gasteiger partial charge in [0.2, 0.25) is 11.8 Å². The van der Waals surface area contributed by atoms with Crippen molar-refractivity contribution < 1.29 is 33.3 Å². The Labute approximate surface area is 294 Å². The number of ether oxygens (including phenoxy) is 1. The molecule has 49 heavy (non-hydrogen) atoms. The van der Waals surface area contributed by atoms with Crippen molar-refractivity contribution in [3.05, 3.63) is 61.6 Å². The molecule has 14 nitrogen and oxygen atoms in total. The Kier molecular flexibility index (Phi) is 10.3. The smallest absolute Gasteiger partial charge is 0.356 e. The molecule has 4 heterocycles. The normalized spacial score (nSPS) is 21.5. The number of hydrogen-bond donors (Lipinski definition) is 2. The number of nitrogens with two attached hydrogens (primary N) is 1. The van der Waals surface area contributed by atoms with Gasteiger partial charge in [0.1, 0.15) is 18.0 Å². The first kappa shape index (κ1) is 36.5. The number of nitrogens with one attached hydrogen (secondary N) is 1. The maximum atomic E-state index is 13.8. The number of rotatable bonds is 13. The number of thioether (sulfide) groups is 1. The predicted octanol–water partition coefficient (Wildman–Crippen LogP) is 4.03. The van der Waals surface area contributed by atoms with Gasteiger partial charge in [0.15, 0.2) is 13.4 Å². The standard InChI is InChI=1S/C32H42N6O8S2Si/c1-17-25-24(18(2)46-49(6,7)32(3,4)5)29(41)37(25)26(30(42)45-15-19-8-10-20(11-9-19)38(43)44)27(17)48-21-13-36(14-21)31-35-22(16-47-31)28(40)34-12-23(33)39/h8-11,16-18,21,24-25H,12-15H2,1-7H3,(H2,33,39)(H,34,40)/t17-,18-,24-,25-/m1/s1. The van der Waals surface area contributed by atoms with Crippen molar-refractivity contribution in [2.75, 3.05) is 24.5 Å². The van der Waals surface area contributed by atoms with Crippen LogP contribution in [0.25, 0.3) is 0 Å². The van der Waals surface area contributed by atoms with Crippen molar-refractivity contribution >= 4 is 65.9 Å². The number of primary amides is 1. The van der Waals surface area contributed by atoms with E-state index in [-0.39, 0.29) is 64.5 Å². The van der Waals surface area contributed by atoms with E-state index in [1.54, 1.807) is 22.0 Å². The first-order valence-corrected chi connectivity index (χ1v) is 20.7. The molecule has 264 valence electrons. The number of nitro groups is 1. The molecule has 0 bridgehead atoms. The summed E-state index contributed by atoms with van der Waals surface area (Å²) in [5.74, 6) is -2.47. The number of anilines is 1. The molecule has 0 unspecified atom stereocenters. The second-order valence-corrected chi connectivity index (χ2v) is 21.1. The topological polar surface area (TPSA) is 187 Å². The van der Waals surface area contributed by atoms with E-state index >= 15 is 0 Å². The van der Waals surface area contributed by atoms with Gasteiger partial charge in [-0.15, -0.1) is 23.1 Å². The minimum atomic E-state index is -2.18. The number of amides is 3. The SMILES string of the molecule is C[C@@H](O[Si](C)(C)C(C)(C)C)[C@H]1C(=O)N2C(C(=O)OCc3ccc([N+](=O)[O-])cc3)=C(SC3CN(c4nc(C(=O)NCC(N)=O)cs4)C3)[C@H](C)[C@H]12. The lowest BCUT2D eigenvalue weighted by atomic mass is 9.79. The third-order valence-corrected chi connectivity index (χ3v) is 16.6. The molecule has 0 radical (unpaired) electrons. The summed E-state index contributed by atoms with van der Waals surface area (Å²) in [4.78, 5) is 70.2. The molecule has 3 aliphatic heterocycles. The van der Waals surface area contributed by atoms with Crippen LogP contribution in [0.5, 0.6) is 0 Å². The van der Waals surface area contributed by atoms with Gasteiger partial charge >= 0.3 is 5.97 Å². The van der Waals surface area contributed by atoms with Crippen LogP contribution in [0.15, 0.2) is 40.2 Å². The summed E-state index contributed by atoms with van der Waals surface area (Å²) in [7, 11) is -2.18. The van der Waals surface area contributed by atoms with E-state index in [0.717, 1.165) is 4.91 Å². The molecule has 0 saturated carbocycles. The molecule has 0 spiro atoms. The molecule has 1 aromatic carbocycles. The van der Waals surface area contributed by atoms with Gasteiger partial charge in [0.25, 0.3) is 11.6 Å². The number of carbonyl (C=O) groups excluding carboxylic acids is 4. The van der Waals surface area contributed by atoms with Crippen molar-refractivity contribution in [3.63, 3.8) is 0 Å². The number of fused-ring (bicyclic) bond motifs is 1. The number of non-ortho nitro benzene ring substituents is 1. The van der Waals surface area contributed by atoms with Gasteiger partial charge in [-0.05, 0) is 42.8 Å². The summed E-state index contributed by atoms with van der Waals surface area (Å²) in [5.41, 5.74) is 6.07. The number of esters is 1. The van der Waals surface area contributed by atoms with E-state index in [0.29, 0.717) is 23.8 Å². The summed E-state index contributed by atoms with van der Waals surface area (Å²) in [5, 5.41) is 15.8. The minimum Gasteiger partial charge on any atom is -0.456 e. The fraction of sp³-hybridized carbons (Fsp3) is 0.531. The quantitative estimate of drug-likeness (QED) is 0.0996. The maximum absolute atomic E-state index is 13.8. The monoisotopic (exact) mass is 730 g/mol. The fourth-order valence-electron chi connectivity index (χ4n) is 5.92. The van der Waals surface area contributed by atoms with Crippen LogP contribution in [0.2, 0.25) is 18.1 Å². The number of nitro benzene ring substituents is 1. The van der Waals surface area contributed by atoms with E-state index in [1.807, 2.05) is 18.7 Å². The molecule has 3 N–H and O–H groups in total. The summed E-state index contributed by atoms with van der Waals surface area (Å²) in [6, 6.07) is 5.52. The van der Waals surface area contributed by atoms with Crippen molar-refractivity contribution in [2.45, 2.75) is 76.8 Å². The zero-order valence-electron chi connectivity index (χ0n) is 28.6. The molecule has 2 aromatic rings. The van der Waals surface area contributed by atoms with E-state index in [4.69, 9.17) is 14.9 Å². The van der Waals surface area contributed by atoms with Crippen LogP contribution >= 0.6 is 23.1 Å². The van der Waals surface area contributed by atoms with Crippen molar-refractivity contribution in [2.24, 2.45) is 17.6 Å². The Bertz CT molecular complexity index is 1680. The Balaban J connectivity index is 1.31. The maximum Gasteiger partial charge on any atom is 0.356 e. The number of thiazole rings is 1. The van der Waals surface area contributed by atoms with Gasteiger partial charge in [-0.2, -0.15) is 0 Å². The molecule has 4 atom stereocenters. The Morgan fingerprint density at radius 2 is 1.88 bits per heavy atom. The number of β-lactam (4-membered cyclic amide) rings is 1.